The number of hydrogen-bond donors (Lipinski definition) is 1. The third-order valence-electron chi connectivity index (χ3n) is 2.49. The Kier molecular flexibility index (Phi) is 14.8. The van der Waals surface area contributed by atoms with Gasteiger partial charge in [-0.1, -0.05) is 11.6 Å². The van der Waals surface area contributed by atoms with E-state index in [4.69, 9.17) is 16.7 Å². The van der Waals surface area contributed by atoms with Crippen molar-refractivity contribution in [3.05, 3.63) is 49.5 Å². The van der Waals surface area contributed by atoms with Gasteiger partial charge in [0, 0.05) is 8.17 Å². The minimum atomic E-state index is -4.44. The quantitative estimate of drug-likeness (QED) is 0.286. The van der Waals surface area contributed by atoms with E-state index in [0.29, 0.717) is 0 Å². The van der Waals surface area contributed by atoms with E-state index in [1.165, 1.54) is 16.5 Å². The number of rotatable bonds is 4. The SMILES string of the molecule is F/C(=C\I)c1cnc(Cl)cn1.F/C(=C\I)c1cnc(OCC(F)(F)F)cn1.OCC(F)(F)F. The van der Waals surface area contributed by atoms with Crippen molar-refractivity contribution in [1.82, 2.24) is 19.9 Å². The van der Waals surface area contributed by atoms with Gasteiger partial charge >= 0.3 is 12.4 Å². The minimum absolute atomic E-state index is 0.0613. The maximum atomic E-state index is 12.9. The molecule has 2 heterocycles. The summed E-state index contributed by atoms with van der Waals surface area (Å²) in [6.07, 6.45) is -4.33. The van der Waals surface area contributed by atoms with Crippen molar-refractivity contribution in [1.29, 1.82) is 0 Å². The molecule has 33 heavy (non-hydrogen) atoms. The lowest BCUT2D eigenvalue weighted by Crippen LogP contribution is -2.19. The first-order chi connectivity index (χ1) is 15.2. The topological polar surface area (TPSA) is 81.0 Å². The van der Waals surface area contributed by atoms with Gasteiger partial charge in [-0.3, -0.25) is 0 Å². The van der Waals surface area contributed by atoms with Crippen molar-refractivity contribution in [3.63, 3.8) is 0 Å². The second-order valence-electron chi connectivity index (χ2n) is 5.06. The number of ether oxygens (including phenoxy) is 1. The Morgan fingerprint density at radius 1 is 0.848 bits per heavy atom. The molecule has 0 radical (unpaired) electrons. The highest BCUT2D eigenvalue weighted by Gasteiger charge is 2.28. The van der Waals surface area contributed by atoms with Crippen molar-refractivity contribution < 1.29 is 45.0 Å². The summed E-state index contributed by atoms with van der Waals surface area (Å²) in [7, 11) is 0. The minimum Gasteiger partial charge on any atom is -0.467 e. The second-order valence-corrected chi connectivity index (χ2v) is 6.69. The van der Waals surface area contributed by atoms with Crippen LogP contribution in [0.1, 0.15) is 11.4 Å². The zero-order chi connectivity index (χ0) is 25.7. The van der Waals surface area contributed by atoms with Crippen LogP contribution in [0.4, 0.5) is 35.1 Å². The molecule has 0 atom stereocenters. The number of hydrogen-bond acceptors (Lipinski definition) is 6. The van der Waals surface area contributed by atoms with Crippen LogP contribution in [0.25, 0.3) is 11.7 Å². The number of aliphatic hydroxyl groups is 1. The molecule has 2 rings (SSSR count). The molecule has 184 valence electrons. The number of aliphatic hydroxyl groups excluding tert-OH is 1. The van der Waals surface area contributed by atoms with E-state index in [0.717, 1.165) is 16.5 Å². The van der Waals surface area contributed by atoms with E-state index >= 15 is 0 Å². The summed E-state index contributed by atoms with van der Waals surface area (Å²) < 4.78 is 99.2. The van der Waals surface area contributed by atoms with Gasteiger partial charge < -0.3 is 9.84 Å². The van der Waals surface area contributed by atoms with Crippen LogP contribution < -0.4 is 4.74 Å². The number of aromatic nitrogens is 4. The fourth-order valence-electron chi connectivity index (χ4n) is 1.22. The average molecular weight is 733 g/mol. The van der Waals surface area contributed by atoms with Crippen LogP contribution in [0.5, 0.6) is 5.88 Å². The Balaban J connectivity index is 0.000000520. The number of nitrogens with zero attached hydrogens (tertiary/aromatic N) is 4. The number of alkyl halides is 6. The lowest BCUT2D eigenvalue weighted by atomic mass is 10.4. The summed E-state index contributed by atoms with van der Waals surface area (Å²) in [5.41, 5.74) is 0.137. The Morgan fingerprint density at radius 3 is 1.61 bits per heavy atom. The monoisotopic (exact) mass is 732 g/mol. The van der Waals surface area contributed by atoms with Gasteiger partial charge in [0.2, 0.25) is 5.88 Å². The third-order valence-corrected chi connectivity index (χ3v) is 3.78. The molecule has 0 saturated carbocycles. The lowest BCUT2D eigenvalue weighted by Gasteiger charge is -2.07. The molecule has 0 amide bonds. The highest BCUT2D eigenvalue weighted by Crippen LogP contribution is 2.19. The van der Waals surface area contributed by atoms with E-state index in [9.17, 15) is 35.1 Å². The largest absolute Gasteiger partial charge is 0.467 e. The lowest BCUT2D eigenvalue weighted by molar-refractivity contribution is -0.159. The third kappa shape index (κ3) is 16.0. The fraction of sp³-hybridized carbons (Fsp3) is 0.250. The number of halogens is 11. The summed E-state index contributed by atoms with van der Waals surface area (Å²) >= 11 is 8.90. The summed E-state index contributed by atoms with van der Waals surface area (Å²) in [6.45, 7) is -3.18. The molecule has 1 N–H and O–H groups in total. The molecule has 0 saturated heterocycles. The highest BCUT2D eigenvalue weighted by molar-refractivity contribution is 14.1. The molecule has 0 aliphatic heterocycles. The zero-order valence-corrected chi connectivity index (χ0v) is 20.8. The maximum Gasteiger partial charge on any atom is 0.422 e. The van der Waals surface area contributed by atoms with Crippen LogP contribution in [0.3, 0.4) is 0 Å². The first-order valence-electron chi connectivity index (χ1n) is 7.81. The van der Waals surface area contributed by atoms with Gasteiger partial charge in [-0.15, -0.1) is 0 Å². The molecule has 0 unspecified atom stereocenters. The zero-order valence-electron chi connectivity index (χ0n) is 15.7. The van der Waals surface area contributed by atoms with E-state index in [1.54, 1.807) is 45.2 Å². The molecule has 0 spiro atoms. The molecule has 0 bridgehead atoms. The fourth-order valence-corrected chi connectivity index (χ4v) is 1.95. The van der Waals surface area contributed by atoms with Gasteiger partial charge in [0.25, 0.3) is 0 Å². The van der Waals surface area contributed by atoms with Crippen LogP contribution in [-0.2, 0) is 0 Å². The van der Waals surface area contributed by atoms with Crippen molar-refractivity contribution in [3.8, 4) is 5.88 Å². The van der Waals surface area contributed by atoms with Crippen molar-refractivity contribution in [2.75, 3.05) is 13.2 Å². The summed E-state index contributed by atoms with van der Waals surface area (Å²) in [6, 6.07) is 0. The molecule has 0 aromatic carbocycles. The normalized spacial score (nSPS) is 12.2. The van der Waals surface area contributed by atoms with Crippen LogP contribution in [-0.4, -0.2) is 50.6 Å². The Bertz CT molecular complexity index is 895. The van der Waals surface area contributed by atoms with Gasteiger partial charge in [0.15, 0.2) is 18.3 Å². The molecular weight excluding hydrogens is 721 g/mol. The first kappa shape index (κ1) is 31.6. The smallest absolute Gasteiger partial charge is 0.422 e. The predicted octanol–water partition coefficient (Wildman–Crippen LogP) is 6.49. The van der Waals surface area contributed by atoms with Crippen LogP contribution in [0, 0.1) is 0 Å². The van der Waals surface area contributed by atoms with E-state index in [1.807, 2.05) is 0 Å². The van der Waals surface area contributed by atoms with E-state index < -0.39 is 37.2 Å². The van der Waals surface area contributed by atoms with Crippen LogP contribution >= 0.6 is 56.8 Å². The van der Waals surface area contributed by atoms with Crippen molar-refractivity contribution in [2.24, 2.45) is 0 Å². The predicted molar refractivity (Wildman–Crippen MR) is 120 cm³/mol. The summed E-state index contributed by atoms with van der Waals surface area (Å²) in [5, 5.41) is 7.54. The molecule has 2 aromatic rings. The highest BCUT2D eigenvalue weighted by atomic mass is 127. The van der Waals surface area contributed by atoms with Crippen molar-refractivity contribution >= 4 is 68.4 Å². The maximum absolute atomic E-state index is 12.9. The van der Waals surface area contributed by atoms with Crippen molar-refractivity contribution in [2.45, 2.75) is 12.4 Å². The summed E-state index contributed by atoms with van der Waals surface area (Å²) in [4.78, 5) is 14.4. The second kappa shape index (κ2) is 15.5. The molecule has 0 aliphatic carbocycles. The van der Waals surface area contributed by atoms with Crippen LogP contribution in [0.15, 0.2) is 33.0 Å². The van der Waals surface area contributed by atoms with Gasteiger partial charge in [-0.05, 0) is 45.2 Å². The standard InChI is InChI=1S/C8H5F4IN2O.C6H3ClFIN2.C2H3F3O/c9-5(1-13)6-2-15-7(3-14-6)16-4-8(10,11)12;7-6-3-10-5(2-11-6)4(8)1-9;3-2(4,5)1-6/h1-3H,4H2;1-3H;6H,1H2/b5-1-;4-1-;. The van der Waals surface area contributed by atoms with E-state index in [2.05, 4.69) is 24.7 Å². The molecule has 6 nitrogen and oxygen atoms in total. The van der Waals surface area contributed by atoms with Crippen LogP contribution in [0.2, 0.25) is 5.15 Å². The molecule has 0 aliphatic rings. The van der Waals surface area contributed by atoms with Gasteiger partial charge in [-0.2, -0.15) is 26.3 Å². The molecule has 0 fully saturated rings. The Labute approximate surface area is 213 Å². The molecule has 2 aromatic heterocycles. The van der Waals surface area contributed by atoms with Gasteiger partial charge in [0.05, 0.1) is 24.8 Å². The summed E-state index contributed by atoms with van der Waals surface area (Å²) in [5.74, 6) is -1.33. The molecular formula is C16H11ClF8I2N4O2. The Hall–Kier alpha value is -1.41. The van der Waals surface area contributed by atoms with Gasteiger partial charge in [0.1, 0.15) is 23.1 Å². The van der Waals surface area contributed by atoms with E-state index in [-0.39, 0.29) is 22.4 Å². The first-order valence-corrected chi connectivity index (χ1v) is 10.7. The van der Waals surface area contributed by atoms with Gasteiger partial charge in [-0.25, -0.2) is 28.7 Å². The average Bonchev–Trinajstić information content (AvgIpc) is 2.77. The Morgan fingerprint density at radius 2 is 1.30 bits per heavy atom. The molecule has 17 heteroatoms.